The molecule has 1 aliphatic heterocycles. The average Bonchev–Trinajstić information content (AvgIpc) is 3.34. The minimum Gasteiger partial charge on any atom is -0.488 e. The van der Waals surface area contributed by atoms with Crippen molar-refractivity contribution in [3.63, 3.8) is 0 Å². The van der Waals surface area contributed by atoms with E-state index in [2.05, 4.69) is 4.98 Å². The molecule has 4 rings (SSSR count). The molecule has 0 amide bonds. The zero-order chi connectivity index (χ0) is 17.2. The Labute approximate surface area is 150 Å². The molecule has 1 fully saturated rings. The van der Waals surface area contributed by atoms with E-state index in [9.17, 15) is 4.79 Å². The van der Waals surface area contributed by atoms with E-state index in [1.54, 1.807) is 17.4 Å². The molecule has 0 aliphatic carbocycles. The zero-order valence-electron chi connectivity index (χ0n) is 13.7. The minimum absolute atomic E-state index is 0.0562. The summed E-state index contributed by atoms with van der Waals surface area (Å²) in [6.07, 6.45) is -0.706. The summed E-state index contributed by atoms with van der Waals surface area (Å²) in [5.74, 6) is 0.527. The van der Waals surface area contributed by atoms with Gasteiger partial charge in [0.05, 0.1) is 16.3 Å². The summed E-state index contributed by atoms with van der Waals surface area (Å²) in [4.78, 5) is 17.2. The number of carbonyl (C=O) groups excluding carboxylic acids is 1. The summed E-state index contributed by atoms with van der Waals surface area (Å²) < 4.78 is 11.5. The molecule has 0 bridgehead atoms. The maximum Gasteiger partial charge on any atom is 0.198 e. The molecule has 1 aromatic heterocycles. The van der Waals surface area contributed by atoms with Crippen LogP contribution >= 0.6 is 11.3 Å². The van der Waals surface area contributed by atoms with Crippen molar-refractivity contribution in [1.29, 1.82) is 0 Å². The van der Waals surface area contributed by atoms with Crippen molar-refractivity contribution in [1.82, 2.24) is 4.98 Å². The predicted molar refractivity (Wildman–Crippen MR) is 96.0 cm³/mol. The standard InChI is InChI=1S/C20H17NO3S/c1-13-21-16(12-25-13)19-20(24-19)18(22)15-9-5-6-10-17(15)23-11-14-7-3-2-4-8-14/h2-10,12,19-20H,11H2,1H3/t19-,20-/m0/s1. The van der Waals surface area contributed by atoms with Crippen LogP contribution in [-0.4, -0.2) is 16.9 Å². The van der Waals surface area contributed by atoms with E-state index in [4.69, 9.17) is 9.47 Å². The summed E-state index contributed by atoms with van der Waals surface area (Å²) in [5.41, 5.74) is 2.45. The summed E-state index contributed by atoms with van der Waals surface area (Å²) in [5, 5.41) is 2.92. The van der Waals surface area contributed by atoms with E-state index in [0.29, 0.717) is 17.9 Å². The smallest absolute Gasteiger partial charge is 0.198 e. The highest BCUT2D eigenvalue weighted by molar-refractivity contribution is 7.09. The number of para-hydroxylation sites is 1. The summed E-state index contributed by atoms with van der Waals surface area (Å²) in [7, 11) is 0. The number of rotatable bonds is 6. The SMILES string of the molecule is Cc1nc([C@@H]2O[C@H]2C(=O)c2ccccc2OCc2ccccc2)cs1. The maximum absolute atomic E-state index is 12.8. The van der Waals surface area contributed by atoms with E-state index in [1.165, 1.54) is 0 Å². The Morgan fingerprint density at radius 3 is 2.68 bits per heavy atom. The molecule has 2 heterocycles. The van der Waals surface area contributed by atoms with Crippen LogP contribution in [0, 0.1) is 6.92 Å². The molecule has 0 saturated carbocycles. The van der Waals surface area contributed by atoms with Gasteiger partial charge in [0.15, 0.2) is 11.9 Å². The number of hydrogen-bond acceptors (Lipinski definition) is 5. The molecule has 3 aromatic rings. The van der Waals surface area contributed by atoms with Crippen LogP contribution in [-0.2, 0) is 11.3 Å². The van der Waals surface area contributed by atoms with Crippen LogP contribution in [0.4, 0.5) is 0 Å². The lowest BCUT2D eigenvalue weighted by atomic mass is 10.0. The van der Waals surface area contributed by atoms with Gasteiger partial charge >= 0.3 is 0 Å². The van der Waals surface area contributed by atoms with Gasteiger partial charge in [0, 0.05) is 5.38 Å². The van der Waals surface area contributed by atoms with Gasteiger partial charge in [-0.2, -0.15) is 0 Å². The molecule has 0 unspecified atom stereocenters. The predicted octanol–water partition coefficient (Wildman–Crippen LogP) is 4.35. The summed E-state index contributed by atoms with van der Waals surface area (Å²) in [6.45, 7) is 2.37. The van der Waals surface area contributed by atoms with Crippen molar-refractivity contribution in [2.75, 3.05) is 0 Å². The highest BCUT2D eigenvalue weighted by Crippen LogP contribution is 2.41. The van der Waals surface area contributed by atoms with Gasteiger partial charge in [-0.25, -0.2) is 4.98 Å². The van der Waals surface area contributed by atoms with Crippen LogP contribution in [0.5, 0.6) is 5.75 Å². The van der Waals surface area contributed by atoms with Gasteiger partial charge in [0.2, 0.25) is 0 Å². The van der Waals surface area contributed by atoms with E-state index in [-0.39, 0.29) is 11.9 Å². The van der Waals surface area contributed by atoms with Crippen molar-refractivity contribution < 1.29 is 14.3 Å². The van der Waals surface area contributed by atoms with Crippen LogP contribution in [0.2, 0.25) is 0 Å². The number of ketones is 1. The number of nitrogens with zero attached hydrogens (tertiary/aromatic N) is 1. The number of Topliss-reactive ketones (excluding diaryl/α,β-unsaturated/α-hetero) is 1. The third-order valence-corrected chi connectivity index (χ3v) is 4.86. The Kier molecular flexibility index (Phi) is 4.34. The lowest BCUT2D eigenvalue weighted by Gasteiger charge is -2.10. The third kappa shape index (κ3) is 3.48. The van der Waals surface area contributed by atoms with Gasteiger partial charge in [-0.3, -0.25) is 4.79 Å². The van der Waals surface area contributed by atoms with Crippen LogP contribution in [0.3, 0.4) is 0 Å². The second-order valence-corrected chi connectivity index (χ2v) is 6.97. The first-order chi connectivity index (χ1) is 12.2. The van der Waals surface area contributed by atoms with Crippen LogP contribution in [0.15, 0.2) is 60.0 Å². The second kappa shape index (κ2) is 6.78. The fraction of sp³-hybridized carbons (Fsp3) is 0.200. The number of carbonyl (C=O) groups is 1. The highest BCUT2D eigenvalue weighted by atomic mass is 32.1. The molecule has 2 atom stereocenters. The largest absolute Gasteiger partial charge is 0.488 e. The van der Waals surface area contributed by atoms with Gasteiger partial charge in [-0.1, -0.05) is 42.5 Å². The summed E-state index contributed by atoms with van der Waals surface area (Å²) in [6, 6.07) is 17.2. The van der Waals surface area contributed by atoms with Gasteiger partial charge in [-0.05, 0) is 24.6 Å². The van der Waals surface area contributed by atoms with Crippen molar-refractivity contribution in [2.45, 2.75) is 25.7 Å². The molecule has 0 radical (unpaired) electrons. The Balaban J connectivity index is 1.48. The van der Waals surface area contributed by atoms with Crippen molar-refractivity contribution in [2.24, 2.45) is 0 Å². The molecule has 5 heteroatoms. The Morgan fingerprint density at radius 1 is 1.16 bits per heavy atom. The number of aryl methyl sites for hydroxylation is 1. The van der Waals surface area contributed by atoms with Gasteiger partial charge in [0.25, 0.3) is 0 Å². The summed E-state index contributed by atoms with van der Waals surface area (Å²) >= 11 is 1.56. The molecule has 0 spiro atoms. The fourth-order valence-corrected chi connectivity index (χ4v) is 3.37. The molecule has 1 saturated heterocycles. The topological polar surface area (TPSA) is 51.7 Å². The van der Waals surface area contributed by atoms with Gasteiger partial charge < -0.3 is 9.47 Å². The van der Waals surface area contributed by atoms with E-state index in [1.807, 2.05) is 60.8 Å². The number of thiazole rings is 1. The average molecular weight is 351 g/mol. The number of aromatic nitrogens is 1. The Hall–Kier alpha value is -2.50. The zero-order valence-corrected chi connectivity index (χ0v) is 14.5. The Morgan fingerprint density at radius 2 is 1.92 bits per heavy atom. The molecule has 0 N–H and O–H groups in total. The molecule has 25 heavy (non-hydrogen) atoms. The lowest BCUT2D eigenvalue weighted by molar-refractivity contribution is 0.0949. The monoisotopic (exact) mass is 351 g/mol. The normalized spacial score (nSPS) is 18.8. The number of ether oxygens (including phenoxy) is 2. The van der Waals surface area contributed by atoms with E-state index in [0.717, 1.165) is 16.3 Å². The van der Waals surface area contributed by atoms with Gasteiger partial charge in [-0.15, -0.1) is 11.3 Å². The van der Waals surface area contributed by atoms with Crippen molar-refractivity contribution in [3.8, 4) is 5.75 Å². The van der Waals surface area contributed by atoms with E-state index < -0.39 is 6.10 Å². The quantitative estimate of drug-likeness (QED) is 0.489. The molecular weight excluding hydrogens is 334 g/mol. The van der Waals surface area contributed by atoms with Crippen LogP contribution in [0.1, 0.15) is 32.7 Å². The van der Waals surface area contributed by atoms with Crippen molar-refractivity contribution >= 4 is 17.1 Å². The first-order valence-corrected chi connectivity index (χ1v) is 8.98. The first kappa shape index (κ1) is 16.0. The molecule has 1 aliphatic rings. The molecule has 2 aromatic carbocycles. The van der Waals surface area contributed by atoms with Crippen LogP contribution in [0.25, 0.3) is 0 Å². The molecule has 126 valence electrons. The maximum atomic E-state index is 12.8. The minimum atomic E-state index is -0.469. The number of hydrogen-bond donors (Lipinski definition) is 0. The Bertz CT molecular complexity index is 891. The molecule has 4 nitrogen and oxygen atoms in total. The number of benzene rings is 2. The molecular formula is C20H17NO3S. The first-order valence-electron chi connectivity index (χ1n) is 8.10. The van der Waals surface area contributed by atoms with Crippen LogP contribution < -0.4 is 4.74 Å². The highest BCUT2D eigenvalue weighted by Gasteiger charge is 2.48. The van der Waals surface area contributed by atoms with E-state index >= 15 is 0 Å². The second-order valence-electron chi connectivity index (χ2n) is 5.90. The fourth-order valence-electron chi connectivity index (χ4n) is 2.73. The van der Waals surface area contributed by atoms with Crippen molar-refractivity contribution in [3.05, 3.63) is 81.8 Å². The van der Waals surface area contributed by atoms with Gasteiger partial charge in [0.1, 0.15) is 18.5 Å². The lowest BCUT2D eigenvalue weighted by Crippen LogP contribution is -2.11. The third-order valence-electron chi connectivity index (χ3n) is 4.07. The number of epoxide rings is 1.